The molecule has 0 aromatic heterocycles. The molecule has 5 heteroatoms. The van der Waals surface area contributed by atoms with Gasteiger partial charge in [-0.15, -0.1) is 0 Å². The summed E-state index contributed by atoms with van der Waals surface area (Å²) in [5.74, 6) is -2.11. The van der Waals surface area contributed by atoms with Crippen LogP contribution in [0.15, 0.2) is 12.2 Å². The minimum Gasteiger partial charge on any atom is -0.481 e. The Hall–Kier alpha value is -1.65. The van der Waals surface area contributed by atoms with Crippen LogP contribution in [0.1, 0.15) is 58.3 Å². The van der Waals surface area contributed by atoms with Gasteiger partial charge in [-0.3, -0.25) is 9.59 Å². The molecule has 114 valence electrons. The van der Waals surface area contributed by atoms with E-state index in [-0.39, 0.29) is 18.0 Å². The zero-order valence-corrected chi connectivity index (χ0v) is 12.2. The molecule has 0 amide bonds. The van der Waals surface area contributed by atoms with Gasteiger partial charge >= 0.3 is 11.9 Å². The second kappa shape index (κ2) is 11.2. The van der Waals surface area contributed by atoms with Gasteiger partial charge in [0.05, 0.1) is 6.42 Å². The highest BCUT2D eigenvalue weighted by atomic mass is 16.5. The standard InChI is InChI=1S/C15H24O5/c1-3-4-5-6-7-8-9-13(16)11-20-15(19)12(2)10-14(17)18/h2-11H2,1H3,(H,17,18). The van der Waals surface area contributed by atoms with Crippen LogP contribution >= 0.6 is 0 Å². The number of ether oxygens (including phenoxy) is 1. The fraction of sp³-hybridized carbons (Fsp3) is 0.667. The van der Waals surface area contributed by atoms with Crippen LogP contribution in [0.3, 0.4) is 0 Å². The lowest BCUT2D eigenvalue weighted by Gasteiger charge is -2.05. The van der Waals surface area contributed by atoms with Crippen molar-refractivity contribution in [3.63, 3.8) is 0 Å². The van der Waals surface area contributed by atoms with Crippen LogP contribution in [0.4, 0.5) is 0 Å². The molecular weight excluding hydrogens is 260 g/mol. The first-order valence-electron chi connectivity index (χ1n) is 7.05. The molecule has 0 aliphatic heterocycles. The molecule has 0 aliphatic rings. The largest absolute Gasteiger partial charge is 0.481 e. The van der Waals surface area contributed by atoms with Gasteiger partial charge in [-0.2, -0.15) is 0 Å². The van der Waals surface area contributed by atoms with E-state index in [4.69, 9.17) is 9.84 Å². The molecule has 0 rings (SSSR count). The van der Waals surface area contributed by atoms with Gasteiger partial charge in [0.1, 0.15) is 6.61 Å². The number of hydrogen-bond acceptors (Lipinski definition) is 4. The van der Waals surface area contributed by atoms with E-state index < -0.39 is 18.4 Å². The number of unbranched alkanes of at least 4 members (excludes halogenated alkanes) is 5. The summed E-state index contributed by atoms with van der Waals surface area (Å²) in [6.45, 7) is 5.16. The van der Waals surface area contributed by atoms with Crippen LogP contribution < -0.4 is 0 Å². The Labute approximate surface area is 120 Å². The van der Waals surface area contributed by atoms with E-state index >= 15 is 0 Å². The number of carboxylic acids is 1. The lowest BCUT2D eigenvalue weighted by atomic mass is 10.1. The van der Waals surface area contributed by atoms with Gasteiger partial charge < -0.3 is 9.84 Å². The van der Waals surface area contributed by atoms with Crippen molar-refractivity contribution < 1.29 is 24.2 Å². The first kappa shape index (κ1) is 18.4. The van der Waals surface area contributed by atoms with Crippen LogP contribution in [0.2, 0.25) is 0 Å². The molecule has 20 heavy (non-hydrogen) atoms. The number of carbonyl (C=O) groups excluding carboxylic acids is 2. The number of Topliss-reactive ketones (excluding diaryl/α,β-unsaturated/α-hetero) is 1. The SMILES string of the molecule is C=C(CC(=O)O)C(=O)OCC(=O)CCCCCCCC. The zero-order valence-electron chi connectivity index (χ0n) is 12.2. The van der Waals surface area contributed by atoms with Gasteiger partial charge in [-0.25, -0.2) is 4.79 Å². The lowest BCUT2D eigenvalue weighted by molar-refractivity contribution is -0.145. The van der Waals surface area contributed by atoms with Gasteiger partial charge in [0.15, 0.2) is 5.78 Å². The fourth-order valence-corrected chi connectivity index (χ4v) is 1.68. The topological polar surface area (TPSA) is 80.7 Å². The molecule has 0 bridgehead atoms. The summed E-state index contributed by atoms with van der Waals surface area (Å²) in [6.07, 6.45) is 6.45. The summed E-state index contributed by atoms with van der Waals surface area (Å²) in [4.78, 5) is 33.1. The fourth-order valence-electron chi connectivity index (χ4n) is 1.68. The maximum atomic E-state index is 11.5. The van der Waals surface area contributed by atoms with Crippen LogP contribution in [0, 0.1) is 0 Å². The third-order valence-electron chi connectivity index (χ3n) is 2.83. The third-order valence-corrected chi connectivity index (χ3v) is 2.83. The van der Waals surface area contributed by atoms with Crippen molar-refractivity contribution in [1.29, 1.82) is 0 Å². The first-order valence-corrected chi connectivity index (χ1v) is 7.05. The van der Waals surface area contributed by atoms with Crippen molar-refractivity contribution in [1.82, 2.24) is 0 Å². The van der Waals surface area contributed by atoms with E-state index in [2.05, 4.69) is 13.5 Å². The average molecular weight is 284 g/mol. The smallest absolute Gasteiger partial charge is 0.334 e. The van der Waals surface area contributed by atoms with Gasteiger partial charge in [0, 0.05) is 12.0 Å². The lowest BCUT2D eigenvalue weighted by Crippen LogP contribution is -2.16. The summed E-state index contributed by atoms with van der Waals surface area (Å²) < 4.78 is 4.71. The molecule has 0 saturated heterocycles. The molecule has 0 aromatic rings. The zero-order chi connectivity index (χ0) is 15.4. The van der Waals surface area contributed by atoms with Crippen molar-refractivity contribution >= 4 is 17.7 Å². The van der Waals surface area contributed by atoms with E-state index in [9.17, 15) is 14.4 Å². The van der Waals surface area contributed by atoms with E-state index in [1.54, 1.807) is 0 Å². The normalized spacial score (nSPS) is 10.1. The van der Waals surface area contributed by atoms with Crippen molar-refractivity contribution in [2.75, 3.05) is 6.61 Å². The predicted molar refractivity (Wildman–Crippen MR) is 75.4 cm³/mol. The Morgan fingerprint density at radius 1 is 1.05 bits per heavy atom. The molecule has 0 spiro atoms. The number of hydrogen-bond donors (Lipinski definition) is 1. The minimum absolute atomic E-state index is 0.142. The Bertz CT molecular complexity index is 346. The number of aliphatic carboxylic acids is 1. The molecule has 0 unspecified atom stereocenters. The molecular formula is C15H24O5. The van der Waals surface area contributed by atoms with E-state index in [1.165, 1.54) is 19.3 Å². The number of carbonyl (C=O) groups is 3. The quantitative estimate of drug-likeness (QED) is 0.338. The van der Waals surface area contributed by atoms with Crippen molar-refractivity contribution in [3.05, 3.63) is 12.2 Å². The predicted octanol–water partition coefficient (Wildman–Crippen LogP) is 2.88. The second-order valence-electron chi connectivity index (χ2n) is 4.81. The van der Waals surface area contributed by atoms with E-state index in [0.29, 0.717) is 6.42 Å². The third kappa shape index (κ3) is 10.3. The van der Waals surface area contributed by atoms with Gasteiger partial charge in [-0.05, 0) is 6.42 Å². The van der Waals surface area contributed by atoms with E-state index in [0.717, 1.165) is 19.3 Å². The minimum atomic E-state index is -1.15. The first-order chi connectivity index (χ1) is 9.47. The van der Waals surface area contributed by atoms with Crippen LogP contribution in [-0.2, 0) is 19.1 Å². The molecule has 5 nitrogen and oxygen atoms in total. The van der Waals surface area contributed by atoms with E-state index in [1.807, 2.05) is 0 Å². The Morgan fingerprint density at radius 3 is 2.25 bits per heavy atom. The Kier molecular flexibility index (Phi) is 10.3. The van der Waals surface area contributed by atoms with Crippen molar-refractivity contribution in [2.24, 2.45) is 0 Å². The Balaban J connectivity index is 3.64. The highest BCUT2D eigenvalue weighted by Crippen LogP contribution is 2.07. The molecule has 0 atom stereocenters. The van der Waals surface area contributed by atoms with Crippen LogP contribution in [0.5, 0.6) is 0 Å². The van der Waals surface area contributed by atoms with Crippen molar-refractivity contribution in [3.8, 4) is 0 Å². The molecule has 0 saturated carbocycles. The molecule has 1 N–H and O–H groups in total. The number of ketones is 1. The molecule has 0 heterocycles. The summed E-state index contributed by atoms with van der Waals surface area (Å²) in [5, 5.41) is 8.48. The monoisotopic (exact) mass is 284 g/mol. The highest BCUT2D eigenvalue weighted by Gasteiger charge is 2.13. The maximum absolute atomic E-state index is 11.5. The summed E-state index contributed by atoms with van der Waals surface area (Å²) in [7, 11) is 0. The number of rotatable bonds is 12. The van der Waals surface area contributed by atoms with Crippen molar-refractivity contribution in [2.45, 2.75) is 58.3 Å². The number of esters is 1. The maximum Gasteiger partial charge on any atom is 0.334 e. The van der Waals surface area contributed by atoms with Crippen LogP contribution in [-0.4, -0.2) is 29.4 Å². The number of carboxylic acid groups (broad SMARTS) is 1. The Morgan fingerprint density at radius 2 is 1.65 bits per heavy atom. The van der Waals surface area contributed by atoms with Gasteiger partial charge in [0.25, 0.3) is 0 Å². The molecule has 0 aliphatic carbocycles. The molecule has 0 radical (unpaired) electrons. The molecule has 0 fully saturated rings. The highest BCUT2D eigenvalue weighted by molar-refractivity contribution is 5.94. The van der Waals surface area contributed by atoms with Crippen LogP contribution in [0.25, 0.3) is 0 Å². The second-order valence-corrected chi connectivity index (χ2v) is 4.81. The summed E-state index contributed by atoms with van der Waals surface area (Å²) in [5.41, 5.74) is -0.148. The van der Waals surface area contributed by atoms with Gasteiger partial charge in [-0.1, -0.05) is 45.6 Å². The summed E-state index contributed by atoms with van der Waals surface area (Å²) in [6, 6.07) is 0. The molecule has 0 aromatic carbocycles. The average Bonchev–Trinajstić information content (AvgIpc) is 2.39. The summed E-state index contributed by atoms with van der Waals surface area (Å²) >= 11 is 0. The van der Waals surface area contributed by atoms with Gasteiger partial charge in [0.2, 0.25) is 0 Å².